The molecule has 0 saturated carbocycles. The maximum atomic E-state index is 10.7. The van der Waals surface area contributed by atoms with Gasteiger partial charge in [0.2, 0.25) is 0 Å². The van der Waals surface area contributed by atoms with Crippen LogP contribution >= 0.6 is 0 Å². The van der Waals surface area contributed by atoms with Crippen LogP contribution in [0.4, 0.5) is 0 Å². The minimum absolute atomic E-state index is 0.537. The molecule has 3 nitrogen and oxygen atoms in total. The zero-order valence-corrected chi connectivity index (χ0v) is 11.7. The summed E-state index contributed by atoms with van der Waals surface area (Å²) < 4.78 is 11.2. The summed E-state index contributed by atoms with van der Waals surface area (Å²) in [7, 11) is 0. The van der Waals surface area contributed by atoms with E-state index in [0.717, 1.165) is 29.8 Å². The van der Waals surface area contributed by atoms with Gasteiger partial charge in [-0.05, 0) is 43.0 Å². The number of carbonyl (C=O) groups excluding carboxylic acids is 1. The fourth-order valence-electron chi connectivity index (χ4n) is 1.80. The van der Waals surface area contributed by atoms with Gasteiger partial charge in [0.15, 0.2) is 0 Å². The zero-order valence-electron chi connectivity index (χ0n) is 11.7. The summed E-state index contributed by atoms with van der Waals surface area (Å²) in [5, 5.41) is 0. The maximum absolute atomic E-state index is 10.7. The molecule has 0 heterocycles. The summed E-state index contributed by atoms with van der Waals surface area (Å²) in [6.45, 7) is 10.0. The molecular weight excluding hydrogens is 228 g/mol. The molecule has 0 aliphatic carbocycles. The van der Waals surface area contributed by atoms with Crippen LogP contribution in [0.15, 0.2) is 12.1 Å². The molecule has 3 heteroatoms. The molecular formula is C15H22O3. The van der Waals surface area contributed by atoms with Crippen LogP contribution in [-0.4, -0.2) is 26.1 Å². The predicted molar refractivity (Wildman–Crippen MR) is 72.5 cm³/mol. The van der Waals surface area contributed by atoms with E-state index in [-0.39, 0.29) is 0 Å². The van der Waals surface area contributed by atoms with Crippen molar-refractivity contribution in [2.75, 3.05) is 19.8 Å². The molecule has 0 aliphatic heterocycles. The summed E-state index contributed by atoms with van der Waals surface area (Å²) in [5.74, 6) is 1.40. The van der Waals surface area contributed by atoms with Gasteiger partial charge in [0, 0.05) is 12.2 Å². The monoisotopic (exact) mass is 250 g/mol. The summed E-state index contributed by atoms with van der Waals surface area (Å²) in [4.78, 5) is 10.7. The highest BCUT2D eigenvalue weighted by Crippen LogP contribution is 2.24. The summed E-state index contributed by atoms with van der Waals surface area (Å²) in [6.07, 6.45) is 0.857. The number of hydrogen-bond acceptors (Lipinski definition) is 3. The number of aldehydes is 1. The summed E-state index contributed by atoms with van der Waals surface area (Å²) in [5.41, 5.74) is 2.66. The molecule has 0 bridgehead atoms. The second-order valence-electron chi connectivity index (χ2n) is 4.92. The third kappa shape index (κ3) is 4.49. The van der Waals surface area contributed by atoms with Crippen LogP contribution in [0, 0.1) is 19.8 Å². The van der Waals surface area contributed by atoms with Crippen molar-refractivity contribution in [1.82, 2.24) is 0 Å². The number of carbonyl (C=O) groups is 1. The molecule has 0 fully saturated rings. The van der Waals surface area contributed by atoms with E-state index in [1.165, 1.54) is 0 Å². The standard InChI is InChI=1S/C15H22O3/c1-11(2)10-17-5-6-18-15-12(3)7-14(9-16)8-13(15)4/h7-9,11H,5-6,10H2,1-4H3. The second kappa shape index (κ2) is 7.17. The molecule has 0 saturated heterocycles. The quantitative estimate of drug-likeness (QED) is 0.551. The molecule has 0 aromatic heterocycles. The minimum atomic E-state index is 0.537. The lowest BCUT2D eigenvalue weighted by Crippen LogP contribution is -2.11. The van der Waals surface area contributed by atoms with Crippen LogP contribution in [0.25, 0.3) is 0 Å². The topological polar surface area (TPSA) is 35.5 Å². The average Bonchev–Trinajstić information content (AvgIpc) is 2.31. The first-order valence-corrected chi connectivity index (χ1v) is 6.31. The van der Waals surface area contributed by atoms with Gasteiger partial charge in [-0.15, -0.1) is 0 Å². The number of hydrogen-bond donors (Lipinski definition) is 0. The first-order valence-electron chi connectivity index (χ1n) is 6.31. The molecule has 0 spiro atoms. The van der Waals surface area contributed by atoms with Crippen molar-refractivity contribution < 1.29 is 14.3 Å². The summed E-state index contributed by atoms with van der Waals surface area (Å²) in [6, 6.07) is 3.68. The lowest BCUT2D eigenvalue weighted by Gasteiger charge is -2.13. The van der Waals surface area contributed by atoms with Crippen molar-refractivity contribution in [3.8, 4) is 5.75 Å². The van der Waals surface area contributed by atoms with Gasteiger partial charge in [0.1, 0.15) is 18.6 Å². The maximum Gasteiger partial charge on any atom is 0.150 e. The third-order valence-corrected chi connectivity index (χ3v) is 2.54. The molecule has 0 unspecified atom stereocenters. The Labute approximate surface area is 109 Å². The normalized spacial score (nSPS) is 10.7. The predicted octanol–water partition coefficient (Wildman–Crippen LogP) is 3.17. The van der Waals surface area contributed by atoms with E-state index in [1.54, 1.807) is 0 Å². The van der Waals surface area contributed by atoms with Crippen molar-refractivity contribution in [1.29, 1.82) is 0 Å². The molecule has 18 heavy (non-hydrogen) atoms. The van der Waals surface area contributed by atoms with E-state index in [0.29, 0.717) is 24.7 Å². The third-order valence-electron chi connectivity index (χ3n) is 2.54. The van der Waals surface area contributed by atoms with Crippen molar-refractivity contribution in [2.45, 2.75) is 27.7 Å². The van der Waals surface area contributed by atoms with E-state index < -0.39 is 0 Å². The Morgan fingerprint density at radius 3 is 2.28 bits per heavy atom. The Bertz CT molecular complexity index is 374. The molecule has 1 aromatic carbocycles. The van der Waals surface area contributed by atoms with Crippen LogP contribution in [0.1, 0.15) is 35.3 Å². The number of rotatable bonds is 7. The van der Waals surface area contributed by atoms with Crippen molar-refractivity contribution >= 4 is 6.29 Å². The lowest BCUT2D eigenvalue weighted by atomic mass is 10.1. The van der Waals surface area contributed by atoms with Gasteiger partial charge >= 0.3 is 0 Å². The highest BCUT2D eigenvalue weighted by molar-refractivity contribution is 5.76. The highest BCUT2D eigenvalue weighted by Gasteiger charge is 2.06. The van der Waals surface area contributed by atoms with Crippen LogP contribution in [0.2, 0.25) is 0 Å². The Hall–Kier alpha value is -1.35. The van der Waals surface area contributed by atoms with E-state index in [1.807, 2.05) is 26.0 Å². The van der Waals surface area contributed by atoms with Crippen LogP contribution in [0.5, 0.6) is 5.75 Å². The SMILES string of the molecule is Cc1cc(C=O)cc(C)c1OCCOCC(C)C. The van der Waals surface area contributed by atoms with Gasteiger partial charge in [-0.25, -0.2) is 0 Å². The number of aryl methyl sites for hydroxylation is 2. The molecule has 0 atom stereocenters. The van der Waals surface area contributed by atoms with Gasteiger partial charge in [-0.1, -0.05) is 13.8 Å². The number of benzene rings is 1. The van der Waals surface area contributed by atoms with E-state index in [4.69, 9.17) is 9.47 Å². The first kappa shape index (κ1) is 14.7. The van der Waals surface area contributed by atoms with Crippen molar-refractivity contribution in [2.24, 2.45) is 5.92 Å². The molecule has 0 N–H and O–H groups in total. The molecule has 100 valence electrons. The van der Waals surface area contributed by atoms with E-state index >= 15 is 0 Å². The fourth-order valence-corrected chi connectivity index (χ4v) is 1.80. The van der Waals surface area contributed by atoms with Gasteiger partial charge in [-0.2, -0.15) is 0 Å². The van der Waals surface area contributed by atoms with Crippen molar-refractivity contribution in [3.63, 3.8) is 0 Å². The molecule has 0 aliphatic rings. The molecule has 1 rings (SSSR count). The Morgan fingerprint density at radius 2 is 1.78 bits per heavy atom. The smallest absolute Gasteiger partial charge is 0.150 e. The van der Waals surface area contributed by atoms with Gasteiger partial charge in [-0.3, -0.25) is 4.79 Å². The van der Waals surface area contributed by atoms with Crippen LogP contribution in [-0.2, 0) is 4.74 Å². The van der Waals surface area contributed by atoms with Gasteiger partial charge in [0.05, 0.1) is 6.61 Å². The van der Waals surface area contributed by atoms with Gasteiger partial charge in [0.25, 0.3) is 0 Å². The molecule has 1 aromatic rings. The van der Waals surface area contributed by atoms with E-state index in [9.17, 15) is 4.79 Å². The van der Waals surface area contributed by atoms with Crippen LogP contribution in [0.3, 0.4) is 0 Å². The molecule has 0 radical (unpaired) electrons. The molecule has 0 amide bonds. The average molecular weight is 250 g/mol. The zero-order chi connectivity index (χ0) is 13.5. The Balaban J connectivity index is 2.49. The Kier molecular flexibility index (Phi) is 5.86. The number of ether oxygens (including phenoxy) is 2. The summed E-state index contributed by atoms with van der Waals surface area (Å²) >= 11 is 0. The highest BCUT2D eigenvalue weighted by atomic mass is 16.5. The second-order valence-corrected chi connectivity index (χ2v) is 4.92. The van der Waals surface area contributed by atoms with E-state index in [2.05, 4.69) is 13.8 Å². The Morgan fingerprint density at radius 1 is 1.17 bits per heavy atom. The first-order chi connectivity index (χ1) is 8.54. The van der Waals surface area contributed by atoms with Gasteiger partial charge < -0.3 is 9.47 Å². The minimum Gasteiger partial charge on any atom is -0.491 e. The largest absolute Gasteiger partial charge is 0.491 e. The fraction of sp³-hybridized carbons (Fsp3) is 0.533. The lowest BCUT2D eigenvalue weighted by molar-refractivity contribution is 0.0815. The van der Waals surface area contributed by atoms with Crippen molar-refractivity contribution in [3.05, 3.63) is 28.8 Å². The van der Waals surface area contributed by atoms with Crippen LogP contribution < -0.4 is 4.74 Å².